The molecule has 154 valence electrons. The minimum atomic E-state index is -0.0905. The third-order valence-electron chi connectivity index (χ3n) is 5.34. The van der Waals surface area contributed by atoms with Crippen molar-refractivity contribution in [3.63, 3.8) is 0 Å². The van der Waals surface area contributed by atoms with E-state index in [1.165, 1.54) is 6.33 Å². The molecule has 0 spiro atoms. The lowest BCUT2D eigenvalue weighted by atomic mass is 10.0. The monoisotopic (exact) mass is 397 g/mol. The quantitative estimate of drug-likeness (QED) is 0.545. The molecule has 29 heavy (non-hydrogen) atoms. The van der Waals surface area contributed by atoms with Crippen LogP contribution in [-0.2, 0) is 9.47 Å². The van der Waals surface area contributed by atoms with Crippen molar-refractivity contribution in [2.75, 3.05) is 44.0 Å². The van der Waals surface area contributed by atoms with Gasteiger partial charge in [-0.1, -0.05) is 0 Å². The highest BCUT2D eigenvalue weighted by atomic mass is 16.5. The second kappa shape index (κ2) is 7.96. The molecule has 1 aliphatic carbocycles. The van der Waals surface area contributed by atoms with Crippen molar-refractivity contribution < 1.29 is 14.2 Å². The molecule has 8 heteroatoms. The number of nitrogens with zero attached hydrogens (tertiary/aromatic N) is 3. The van der Waals surface area contributed by atoms with E-state index in [0.717, 1.165) is 31.0 Å². The highest BCUT2D eigenvalue weighted by Gasteiger charge is 2.40. The number of benzene rings is 1. The fourth-order valence-corrected chi connectivity index (χ4v) is 3.39. The van der Waals surface area contributed by atoms with E-state index in [1.807, 2.05) is 18.2 Å². The summed E-state index contributed by atoms with van der Waals surface area (Å²) in [6.45, 7) is 4.64. The van der Waals surface area contributed by atoms with Gasteiger partial charge in [-0.05, 0) is 38.0 Å². The Morgan fingerprint density at radius 3 is 2.93 bits per heavy atom. The molecule has 1 saturated heterocycles. The van der Waals surface area contributed by atoms with E-state index in [0.29, 0.717) is 36.7 Å². The molecule has 1 aliphatic heterocycles. The highest BCUT2D eigenvalue weighted by molar-refractivity contribution is 6.13. The molecule has 1 saturated carbocycles. The molecule has 0 bridgehead atoms. The first-order valence-electron chi connectivity index (χ1n) is 9.83. The summed E-state index contributed by atoms with van der Waals surface area (Å²) < 4.78 is 16.9. The Morgan fingerprint density at radius 1 is 1.34 bits per heavy atom. The lowest BCUT2D eigenvalue weighted by molar-refractivity contribution is -0.0102. The summed E-state index contributed by atoms with van der Waals surface area (Å²) in [4.78, 5) is 10.8. The molecule has 2 aliphatic rings. The second-order valence-electron chi connectivity index (χ2n) is 7.83. The van der Waals surface area contributed by atoms with E-state index < -0.39 is 0 Å². The van der Waals surface area contributed by atoms with E-state index in [1.54, 1.807) is 13.2 Å². The molecule has 2 heterocycles. The van der Waals surface area contributed by atoms with Crippen LogP contribution in [0.5, 0.6) is 5.75 Å². The Hall–Kier alpha value is -2.71. The van der Waals surface area contributed by atoms with Gasteiger partial charge in [0.1, 0.15) is 23.5 Å². The molecule has 3 N–H and O–H groups in total. The lowest BCUT2D eigenvalue weighted by Crippen LogP contribution is -2.44. The summed E-state index contributed by atoms with van der Waals surface area (Å²) in [5.74, 6) is 1.49. The number of hydrogen-bond acceptors (Lipinski definition) is 8. The van der Waals surface area contributed by atoms with Crippen LogP contribution in [0.2, 0.25) is 0 Å². The van der Waals surface area contributed by atoms with Gasteiger partial charge in [-0.15, -0.1) is 0 Å². The van der Waals surface area contributed by atoms with Crippen molar-refractivity contribution in [2.24, 2.45) is 0 Å². The minimum absolute atomic E-state index is 0.000111. The van der Waals surface area contributed by atoms with E-state index in [2.05, 4.69) is 21.8 Å². The number of nitrogens with one attached hydrogen (secondary N) is 1. The van der Waals surface area contributed by atoms with Gasteiger partial charge in [0.2, 0.25) is 0 Å². The fraction of sp³-hybridized carbons (Fsp3) is 0.476. The maximum atomic E-state index is 8.68. The topological polar surface area (TPSA) is 107 Å². The van der Waals surface area contributed by atoms with Gasteiger partial charge in [0.05, 0.1) is 30.7 Å². The van der Waals surface area contributed by atoms with Crippen molar-refractivity contribution >= 4 is 17.2 Å². The van der Waals surface area contributed by atoms with Crippen LogP contribution in [0.1, 0.15) is 31.0 Å². The number of morpholine rings is 1. The summed E-state index contributed by atoms with van der Waals surface area (Å²) >= 11 is 0. The average Bonchev–Trinajstić information content (AvgIpc) is 3.46. The van der Waals surface area contributed by atoms with Gasteiger partial charge in [0.15, 0.2) is 0 Å². The van der Waals surface area contributed by atoms with Gasteiger partial charge < -0.3 is 24.8 Å². The van der Waals surface area contributed by atoms with Crippen molar-refractivity contribution in [1.29, 1.82) is 5.41 Å². The van der Waals surface area contributed by atoms with Crippen LogP contribution in [0, 0.1) is 5.41 Å². The van der Waals surface area contributed by atoms with Gasteiger partial charge in [-0.25, -0.2) is 9.97 Å². The maximum absolute atomic E-state index is 8.68. The molecule has 1 aromatic carbocycles. The van der Waals surface area contributed by atoms with E-state index in [4.69, 9.17) is 25.4 Å². The summed E-state index contributed by atoms with van der Waals surface area (Å²) in [5.41, 5.74) is 7.97. The Balaban J connectivity index is 1.55. The number of rotatable bonds is 7. The molecule has 1 atom stereocenters. The molecular formula is C21H27N5O3. The largest absolute Gasteiger partial charge is 0.488 e. The molecule has 1 aromatic heterocycles. The minimum Gasteiger partial charge on any atom is -0.488 e. The Labute approximate surface area is 170 Å². The first-order valence-corrected chi connectivity index (χ1v) is 9.83. The molecule has 2 fully saturated rings. The summed E-state index contributed by atoms with van der Waals surface area (Å²) in [7, 11) is 1.66. The Kier molecular flexibility index (Phi) is 5.38. The second-order valence-corrected chi connectivity index (χ2v) is 7.83. The van der Waals surface area contributed by atoms with Crippen LogP contribution in [0.15, 0.2) is 30.6 Å². The Morgan fingerprint density at radius 2 is 2.17 bits per heavy atom. The molecule has 0 radical (unpaired) electrons. The number of hydrogen-bond donors (Lipinski definition) is 2. The summed E-state index contributed by atoms with van der Waals surface area (Å²) in [6.07, 6.45) is 3.58. The van der Waals surface area contributed by atoms with E-state index >= 15 is 0 Å². The van der Waals surface area contributed by atoms with Crippen molar-refractivity contribution in [2.45, 2.75) is 31.5 Å². The van der Waals surface area contributed by atoms with Crippen LogP contribution in [0.4, 0.5) is 11.5 Å². The van der Waals surface area contributed by atoms with Crippen LogP contribution < -0.4 is 15.4 Å². The first kappa shape index (κ1) is 19.6. The smallest absolute Gasteiger partial charge is 0.132 e. The number of ether oxygens (including phenoxy) is 3. The number of anilines is 2. The van der Waals surface area contributed by atoms with Gasteiger partial charge in [0.25, 0.3) is 0 Å². The predicted octanol–water partition coefficient (Wildman–Crippen LogP) is 2.26. The highest BCUT2D eigenvalue weighted by Crippen LogP contribution is 2.40. The van der Waals surface area contributed by atoms with E-state index in [9.17, 15) is 0 Å². The molecule has 4 rings (SSSR count). The maximum Gasteiger partial charge on any atom is 0.132 e. The lowest BCUT2D eigenvalue weighted by Gasteiger charge is -2.33. The molecule has 1 unspecified atom stereocenters. The average molecular weight is 397 g/mol. The first-order chi connectivity index (χ1) is 14.0. The number of aromatic nitrogens is 2. The standard InChI is InChI=1S/C21H27N5O3/c1-21(5-6-21)29-14-3-4-17(22)16(9-14)20(23)18-10-19(25-13-24-18)26-7-8-28-15(11-26)12-27-2/h3-4,9-10,13,15,23H,5-8,11-12,22H2,1-2H3. The van der Waals surface area contributed by atoms with Crippen molar-refractivity contribution in [1.82, 2.24) is 9.97 Å². The zero-order valence-electron chi connectivity index (χ0n) is 16.9. The van der Waals surface area contributed by atoms with Gasteiger partial charge >= 0.3 is 0 Å². The predicted molar refractivity (Wildman–Crippen MR) is 111 cm³/mol. The Bertz CT molecular complexity index is 898. The fourth-order valence-electron chi connectivity index (χ4n) is 3.39. The number of nitrogens with two attached hydrogens (primary N) is 1. The van der Waals surface area contributed by atoms with E-state index in [-0.39, 0.29) is 17.4 Å². The normalized spacial score (nSPS) is 20.3. The van der Waals surface area contributed by atoms with Crippen LogP contribution in [0.25, 0.3) is 0 Å². The van der Waals surface area contributed by atoms with Gasteiger partial charge in [-0.3, -0.25) is 5.41 Å². The molecular weight excluding hydrogens is 370 g/mol. The summed E-state index contributed by atoms with van der Waals surface area (Å²) in [6, 6.07) is 7.29. The molecule has 2 aromatic rings. The molecule has 8 nitrogen and oxygen atoms in total. The third-order valence-corrected chi connectivity index (χ3v) is 5.34. The van der Waals surface area contributed by atoms with Crippen molar-refractivity contribution in [3.8, 4) is 5.75 Å². The van der Waals surface area contributed by atoms with Crippen LogP contribution >= 0.6 is 0 Å². The van der Waals surface area contributed by atoms with Crippen molar-refractivity contribution in [3.05, 3.63) is 41.9 Å². The zero-order valence-corrected chi connectivity index (χ0v) is 16.9. The van der Waals surface area contributed by atoms with Gasteiger partial charge in [0, 0.05) is 37.5 Å². The zero-order chi connectivity index (χ0) is 20.4. The van der Waals surface area contributed by atoms with Crippen LogP contribution in [0.3, 0.4) is 0 Å². The number of nitrogen functional groups attached to an aromatic ring is 1. The van der Waals surface area contributed by atoms with Gasteiger partial charge in [-0.2, -0.15) is 0 Å². The SMILES string of the molecule is COCC1CN(c2cc(C(=N)c3cc(OC4(C)CC4)ccc3N)ncn2)CCO1. The van der Waals surface area contributed by atoms with Crippen LogP contribution in [-0.4, -0.2) is 60.8 Å². The molecule has 0 amide bonds. The summed E-state index contributed by atoms with van der Waals surface area (Å²) in [5, 5.41) is 8.68. The third kappa shape index (κ3) is 4.49. The number of methoxy groups -OCH3 is 1.